The molecule has 0 saturated heterocycles. The molecule has 0 spiro atoms. The predicted octanol–water partition coefficient (Wildman–Crippen LogP) is 2.61. The van der Waals surface area contributed by atoms with Crippen molar-refractivity contribution < 1.29 is 9.21 Å². The molecule has 100 valence electrons. The molecule has 1 heterocycles. The first-order chi connectivity index (χ1) is 9.10. The second-order valence-corrected chi connectivity index (χ2v) is 4.40. The molecule has 0 saturated carbocycles. The second-order valence-electron chi connectivity index (χ2n) is 3.99. The van der Waals surface area contributed by atoms with E-state index >= 15 is 0 Å². The first-order valence-electron chi connectivity index (χ1n) is 5.77. The Morgan fingerprint density at radius 3 is 2.84 bits per heavy atom. The molecule has 19 heavy (non-hydrogen) atoms. The van der Waals surface area contributed by atoms with Gasteiger partial charge in [0.25, 0.3) is 5.91 Å². The van der Waals surface area contributed by atoms with Gasteiger partial charge < -0.3 is 15.1 Å². The monoisotopic (exact) mass is 279 g/mol. The summed E-state index contributed by atoms with van der Waals surface area (Å²) in [6.45, 7) is 2.30. The summed E-state index contributed by atoms with van der Waals surface area (Å²) in [6.07, 6.45) is 1.67. The van der Waals surface area contributed by atoms with Gasteiger partial charge in [0.2, 0.25) is 5.89 Å². The van der Waals surface area contributed by atoms with Crippen LogP contribution in [0.1, 0.15) is 22.0 Å². The molecule has 0 atom stereocenters. The summed E-state index contributed by atoms with van der Waals surface area (Å²) in [5.74, 6) is 1.16. The zero-order chi connectivity index (χ0) is 13.8. The molecular weight excluding hydrogens is 266 g/mol. The van der Waals surface area contributed by atoms with Gasteiger partial charge in [-0.15, -0.1) is 0 Å². The van der Waals surface area contributed by atoms with Crippen molar-refractivity contribution in [3.05, 3.63) is 46.6 Å². The summed E-state index contributed by atoms with van der Waals surface area (Å²) in [6, 6.07) is 5.15. The van der Waals surface area contributed by atoms with Gasteiger partial charge >= 0.3 is 0 Å². The molecule has 2 aromatic rings. The zero-order valence-corrected chi connectivity index (χ0v) is 11.4. The van der Waals surface area contributed by atoms with E-state index in [1.54, 1.807) is 31.4 Å². The van der Waals surface area contributed by atoms with Gasteiger partial charge in [-0.25, -0.2) is 4.98 Å². The van der Waals surface area contributed by atoms with Crippen LogP contribution in [0.25, 0.3) is 0 Å². The first-order valence-corrected chi connectivity index (χ1v) is 6.14. The molecule has 0 radical (unpaired) electrons. The van der Waals surface area contributed by atoms with E-state index in [2.05, 4.69) is 15.6 Å². The zero-order valence-electron chi connectivity index (χ0n) is 10.7. The van der Waals surface area contributed by atoms with Crippen LogP contribution in [-0.4, -0.2) is 17.9 Å². The van der Waals surface area contributed by atoms with Gasteiger partial charge in [0, 0.05) is 12.7 Å². The number of nitrogens with zero attached hydrogens (tertiary/aromatic N) is 1. The second kappa shape index (κ2) is 5.75. The fourth-order valence-corrected chi connectivity index (χ4v) is 1.87. The van der Waals surface area contributed by atoms with Crippen LogP contribution in [0.15, 0.2) is 28.8 Å². The highest BCUT2D eigenvalue weighted by Crippen LogP contribution is 2.21. The number of hydrogen-bond acceptors (Lipinski definition) is 4. The van der Waals surface area contributed by atoms with Gasteiger partial charge in [0.15, 0.2) is 0 Å². The standard InChI is InChI=1S/C13H14ClN3O2/c1-8-6-17-12(19-8)7-16-9-3-4-10(11(14)5-9)13(18)15-2/h3-6,16H,7H2,1-2H3,(H,15,18). The fourth-order valence-electron chi connectivity index (χ4n) is 1.60. The van der Waals surface area contributed by atoms with Gasteiger partial charge in [-0.1, -0.05) is 11.6 Å². The highest BCUT2D eigenvalue weighted by molar-refractivity contribution is 6.34. The van der Waals surface area contributed by atoms with Crippen LogP contribution in [0.3, 0.4) is 0 Å². The maximum absolute atomic E-state index is 11.5. The Labute approximate surface area is 116 Å². The molecule has 0 unspecified atom stereocenters. The quantitative estimate of drug-likeness (QED) is 0.903. The molecule has 2 rings (SSSR count). The van der Waals surface area contributed by atoms with Crippen molar-refractivity contribution in [3.8, 4) is 0 Å². The number of benzene rings is 1. The van der Waals surface area contributed by atoms with Crippen LogP contribution in [0.4, 0.5) is 5.69 Å². The number of amides is 1. The molecule has 6 heteroatoms. The minimum absolute atomic E-state index is 0.208. The summed E-state index contributed by atoms with van der Waals surface area (Å²) in [7, 11) is 1.57. The van der Waals surface area contributed by atoms with E-state index < -0.39 is 0 Å². The Hall–Kier alpha value is -2.01. The first kappa shape index (κ1) is 13.4. The smallest absolute Gasteiger partial charge is 0.252 e. The molecule has 1 aromatic heterocycles. The van der Waals surface area contributed by atoms with Crippen molar-refractivity contribution in [2.24, 2.45) is 0 Å². The number of halogens is 1. The third kappa shape index (κ3) is 3.26. The normalized spacial score (nSPS) is 10.3. The van der Waals surface area contributed by atoms with Crippen LogP contribution in [0.5, 0.6) is 0 Å². The molecule has 1 amide bonds. The number of anilines is 1. The number of carbonyl (C=O) groups excluding carboxylic acids is 1. The number of oxazole rings is 1. The van der Waals surface area contributed by atoms with Crippen molar-refractivity contribution in [1.29, 1.82) is 0 Å². The van der Waals surface area contributed by atoms with Gasteiger partial charge in [-0.2, -0.15) is 0 Å². The van der Waals surface area contributed by atoms with E-state index in [4.69, 9.17) is 16.0 Å². The number of aromatic nitrogens is 1. The fraction of sp³-hybridized carbons (Fsp3) is 0.231. The van der Waals surface area contributed by atoms with E-state index in [0.717, 1.165) is 11.4 Å². The number of hydrogen-bond donors (Lipinski definition) is 2. The highest BCUT2D eigenvalue weighted by atomic mass is 35.5. The Bertz CT molecular complexity index is 595. The molecule has 0 bridgehead atoms. The summed E-state index contributed by atoms with van der Waals surface area (Å²) in [4.78, 5) is 15.6. The average Bonchev–Trinajstić information content (AvgIpc) is 2.81. The van der Waals surface area contributed by atoms with Crippen LogP contribution in [0.2, 0.25) is 5.02 Å². The van der Waals surface area contributed by atoms with Crippen molar-refractivity contribution in [2.75, 3.05) is 12.4 Å². The molecule has 2 N–H and O–H groups in total. The predicted molar refractivity (Wildman–Crippen MR) is 73.4 cm³/mol. The van der Waals surface area contributed by atoms with Crippen molar-refractivity contribution in [3.63, 3.8) is 0 Å². The van der Waals surface area contributed by atoms with Crippen molar-refractivity contribution in [1.82, 2.24) is 10.3 Å². The average molecular weight is 280 g/mol. The Balaban J connectivity index is 2.06. The molecule has 0 aliphatic heterocycles. The number of aryl methyl sites for hydroxylation is 1. The van der Waals surface area contributed by atoms with Crippen molar-refractivity contribution >= 4 is 23.2 Å². The summed E-state index contributed by atoms with van der Waals surface area (Å²) in [5, 5.41) is 6.06. The number of rotatable bonds is 4. The van der Waals surface area contributed by atoms with Gasteiger partial charge in [0.1, 0.15) is 5.76 Å². The van der Waals surface area contributed by atoms with Gasteiger partial charge in [-0.05, 0) is 25.1 Å². The van der Waals surface area contributed by atoms with Crippen LogP contribution in [-0.2, 0) is 6.54 Å². The van der Waals surface area contributed by atoms with E-state index in [1.807, 2.05) is 6.92 Å². The molecule has 5 nitrogen and oxygen atoms in total. The lowest BCUT2D eigenvalue weighted by molar-refractivity contribution is 0.0963. The van der Waals surface area contributed by atoms with E-state index in [1.165, 1.54) is 0 Å². The van der Waals surface area contributed by atoms with Crippen LogP contribution >= 0.6 is 11.6 Å². The SMILES string of the molecule is CNC(=O)c1ccc(NCc2ncc(C)o2)cc1Cl. The van der Waals surface area contributed by atoms with Crippen LogP contribution < -0.4 is 10.6 Å². The molecular formula is C13H14ClN3O2. The summed E-state index contributed by atoms with van der Waals surface area (Å²) in [5.41, 5.74) is 1.25. The van der Waals surface area contributed by atoms with Gasteiger partial charge in [-0.3, -0.25) is 4.79 Å². The van der Waals surface area contributed by atoms with Crippen LogP contribution in [0, 0.1) is 6.92 Å². The van der Waals surface area contributed by atoms with Crippen molar-refractivity contribution in [2.45, 2.75) is 13.5 Å². The largest absolute Gasteiger partial charge is 0.444 e. The lowest BCUT2D eigenvalue weighted by Gasteiger charge is -2.07. The third-order valence-corrected chi connectivity index (χ3v) is 2.87. The minimum atomic E-state index is -0.208. The molecule has 1 aromatic carbocycles. The number of nitrogens with one attached hydrogen (secondary N) is 2. The summed E-state index contributed by atoms with van der Waals surface area (Å²) >= 11 is 6.05. The Morgan fingerprint density at radius 1 is 1.47 bits per heavy atom. The minimum Gasteiger partial charge on any atom is -0.444 e. The Morgan fingerprint density at radius 2 is 2.26 bits per heavy atom. The van der Waals surface area contributed by atoms with Gasteiger partial charge in [0.05, 0.1) is 23.3 Å². The number of carbonyl (C=O) groups is 1. The van der Waals surface area contributed by atoms with E-state index in [9.17, 15) is 4.79 Å². The highest BCUT2D eigenvalue weighted by Gasteiger charge is 2.09. The Kier molecular flexibility index (Phi) is 4.06. The maximum atomic E-state index is 11.5. The molecule has 0 aliphatic rings. The molecule has 0 aliphatic carbocycles. The summed E-state index contributed by atoms with van der Waals surface area (Å²) < 4.78 is 5.34. The molecule has 0 fully saturated rings. The lowest BCUT2D eigenvalue weighted by Crippen LogP contribution is -2.18. The maximum Gasteiger partial charge on any atom is 0.252 e. The third-order valence-electron chi connectivity index (χ3n) is 2.55. The topological polar surface area (TPSA) is 67.2 Å². The van der Waals surface area contributed by atoms with E-state index in [0.29, 0.717) is 23.0 Å². The lowest BCUT2D eigenvalue weighted by atomic mass is 10.2. The van der Waals surface area contributed by atoms with E-state index in [-0.39, 0.29) is 5.91 Å².